The minimum atomic E-state index is -4.32. The van der Waals surface area contributed by atoms with Crippen LogP contribution in [-0.4, -0.2) is 29.4 Å². The zero-order chi connectivity index (χ0) is 20.4. The molecule has 28 heavy (non-hydrogen) atoms. The summed E-state index contributed by atoms with van der Waals surface area (Å²) in [5.41, 5.74) is 0. The molecule has 0 saturated heterocycles. The van der Waals surface area contributed by atoms with E-state index >= 15 is 0 Å². The van der Waals surface area contributed by atoms with Gasteiger partial charge >= 0.3 is 51.4 Å². The van der Waals surface area contributed by atoms with Crippen LogP contribution in [0.4, 0.5) is 0 Å². The quantitative estimate of drug-likeness (QED) is 0.177. The van der Waals surface area contributed by atoms with Crippen molar-refractivity contribution in [3.8, 4) is 0 Å². The Bertz CT molecular complexity index is 415. The maximum absolute atomic E-state index is 11.5. The van der Waals surface area contributed by atoms with Crippen molar-refractivity contribution in [3.05, 3.63) is 0 Å². The first-order valence-electron chi connectivity index (χ1n) is 11.5. The number of hydrogen-bond acceptors (Lipinski definition) is 4. The SMILES string of the molecule is CCCCCCCCCCCCC(CC(O)CCCCCCC)S(=O)(=O)[O-].[K+]. The van der Waals surface area contributed by atoms with Gasteiger partial charge in [0.1, 0.15) is 0 Å². The molecular weight excluding hydrogens is 399 g/mol. The maximum atomic E-state index is 11.5. The smallest absolute Gasteiger partial charge is 0.748 e. The standard InChI is InChI=1S/C22H46O4S.K/c1-3-5-7-9-10-11-12-13-15-17-19-22(27(24,25)26)20-21(23)18-16-14-8-6-4-2;/h21-23H,3-20H2,1-2H3,(H,24,25,26);/q;+1/p-1. The number of aliphatic hydroxyl groups is 1. The van der Waals surface area contributed by atoms with Crippen LogP contribution in [0.25, 0.3) is 0 Å². The summed E-state index contributed by atoms with van der Waals surface area (Å²) < 4.78 is 34.5. The molecule has 4 nitrogen and oxygen atoms in total. The summed E-state index contributed by atoms with van der Waals surface area (Å²) in [7, 11) is -4.32. The Labute approximate surface area is 218 Å². The fourth-order valence-electron chi connectivity index (χ4n) is 3.64. The molecule has 0 aliphatic carbocycles. The van der Waals surface area contributed by atoms with Crippen LogP contribution in [0, 0.1) is 0 Å². The molecule has 0 saturated carbocycles. The summed E-state index contributed by atoms with van der Waals surface area (Å²) in [5, 5.41) is 9.18. The largest absolute Gasteiger partial charge is 1.00 e. The van der Waals surface area contributed by atoms with Crippen LogP contribution in [-0.2, 0) is 10.1 Å². The third kappa shape index (κ3) is 20.8. The molecule has 0 radical (unpaired) electrons. The fourth-order valence-corrected chi connectivity index (χ4v) is 4.56. The Morgan fingerprint density at radius 3 is 1.43 bits per heavy atom. The van der Waals surface area contributed by atoms with E-state index in [1.165, 1.54) is 57.8 Å². The van der Waals surface area contributed by atoms with Gasteiger partial charge in [0.15, 0.2) is 0 Å². The van der Waals surface area contributed by atoms with E-state index in [0.717, 1.165) is 38.5 Å². The van der Waals surface area contributed by atoms with Crippen LogP contribution < -0.4 is 51.4 Å². The predicted molar refractivity (Wildman–Crippen MR) is 114 cm³/mol. The molecule has 0 heterocycles. The van der Waals surface area contributed by atoms with Crippen molar-refractivity contribution in [3.63, 3.8) is 0 Å². The number of hydrogen-bond donors (Lipinski definition) is 1. The van der Waals surface area contributed by atoms with Gasteiger partial charge in [-0.15, -0.1) is 0 Å². The molecule has 0 aromatic carbocycles. The molecule has 2 atom stereocenters. The summed E-state index contributed by atoms with van der Waals surface area (Å²) in [6, 6.07) is 0. The van der Waals surface area contributed by atoms with Gasteiger partial charge in [-0.3, -0.25) is 0 Å². The van der Waals surface area contributed by atoms with E-state index in [4.69, 9.17) is 0 Å². The van der Waals surface area contributed by atoms with E-state index in [1.807, 2.05) is 0 Å². The number of rotatable bonds is 20. The molecule has 164 valence electrons. The molecule has 0 fully saturated rings. The molecule has 0 aromatic rings. The Kier molecular flexibility index (Phi) is 24.6. The van der Waals surface area contributed by atoms with E-state index in [2.05, 4.69) is 13.8 Å². The Morgan fingerprint density at radius 2 is 1.04 bits per heavy atom. The van der Waals surface area contributed by atoms with Gasteiger partial charge < -0.3 is 9.66 Å². The van der Waals surface area contributed by atoms with E-state index in [1.54, 1.807) is 0 Å². The molecule has 0 rings (SSSR count). The first kappa shape index (κ1) is 31.7. The molecule has 0 aliphatic rings. The van der Waals surface area contributed by atoms with Crippen molar-refractivity contribution in [1.29, 1.82) is 0 Å². The third-order valence-corrected chi connectivity index (χ3v) is 6.71. The van der Waals surface area contributed by atoms with Gasteiger partial charge in [0, 0.05) is 0 Å². The summed E-state index contributed by atoms with van der Waals surface area (Å²) in [4.78, 5) is 0. The second-order valence-electron chi connectivity index (χ2n) is 8.18. The second-order valence-corrected chi connectivity index (χ2v) is 9.83. The second kappa shape index (κ2) is 21.7. The van der Waals surface area contributed by atoms with E-state index in [9.17, 15) is 18.1 Å². The van der Waals surface area contributed by atoms with Crippen molar-refractivity contribution >= 4 is 10.1 Å². The van der Waals surface area contributed by atoms with Crippen molar-refractivity contribution in [1.82, 2.24) is 0 Å². The van der Waals surface area contributed by atoms with E-state index in [0.29, 0.717) is 12.8 Å². The fraction of sp³-hybridized carbons (Fsp3) is 1.00. The maximum Gasteiger partial charge on any atom is 1.00 e. The van der Waals surface area contributed by atoms with Crippen molar-refractivity contribution in [2.24, 2.45) is 0 Å². The van der Waals surface area contributed by atoms with Gasteiger partial charge in [0.25, 0.3) is 0 Å². The van der Waals surface area contributed by atoms with Gasteiger partial charge in [-0.25, -0.2) is 8.42 Å². The Morgan fingerprint density at radius 1 is 0.679 bits per heavy atom. The molecule has 1 N–H and O–H groups in total. The van der Waals surface area contributed by atoms with Crippen molar-refractivity contribution in [2.45, 2.75) is 141 Å². The summed E-state index contributed by atoms with van der Waals surface area (Å²) in [5.74, 6) is 0. The Hall–Kier alpha value is 1.51. The summed E-state index contributed by atoms with van der Waals surface area (Å²) in [6.45, 7) is 4.38. The third-order valence-electron chi connectivity index (χ3n) is 5.46. The van der Waals surface area contributed by atoms with Gasteiger partial charge in [0.2, 0.25) is 0 Å². The molecular formula is C22H45KO4S. The molecule has 0 bridgehead atoms. The summed E-state index contributed by atoms with van der Waals surface area (Å²) in [6.07, 6.45) is 17.8. The van der Waals surface area contributed by atoms with Gasteiger partial charge in [-0.1, -0.05) is 110 Å². The van der Waals surface area contributed by atoms with Crippen LogP contribution in [0.1, 0.15) is 129 Å². The van der Waals surface area contributed by atoms with E-state index in [-0.39, 0.29) is 57.8 Å². The molecule has 0 aromatic heterocycles. The minimum Gasteiger partial charge on any atom is -0.748 e. The summed E-state index contributed by atoms with van der Waals surface area (Å²) >= 11 is 0. The normalized spacial score (nSPS) is 13.9. The first-order valence-corrected chi connectivity index (χ1v) is 13.0. The number of unbranched alkanes of at least 4 members (excludes halogenated alkanes) is 13. The van der Waals surface area contributed by atoms with Crippen molar-refractivity contribution in [2.75, 3.05) is 0 Å². The molecule has 0 spiro atoms. The first-order chi connectivity index (χ1) is 12.9. The van der Waals surface area contributed by atoms with Gasteiger partial charge in [-0.05, 0) is 19.3 Å². The average Bonchev–Trinajstić information content (AvgIpc) is 2.61. The zero-order valence-electron chi connectivity index (χ0n) is 19.0. The van der Waals surface area contributed by atoms with Crippen LogP contribution in [0.5, 0.6) is 0 Å². The van der Waals surface area contributed by atoms with Gasteiger partial charge in [-0.2, -0.15) is 0 Å². The molecule has 0 amide bonds. The topological polar surface area (TPSA) is 77.4 Å². The van der Waals surface area contributed by atoms with Gasteiger partial charge in [0.05, 0.1) is 21.5 Å². The monoisotopic (exact) mass is 444 g/mol. The van der Waals surface area contributed by atoms with Crippen LogP contribution >= 0.6 is 0 Å². The zero-order valence-corrected chi connectivity index (χ0v) is 22.9. The minimum absolute atomic E-state index is 0. The Balaban J connectivity index is 0. The molecule has 6 heteroatoms. The van der Waals surface area contributed by atoms with Crippen LogP contribution in [0.3, 0.4) is 0 Å². The molecule has 2 unspecified atom stereocenters. The van der Waals surface area contributed by atoms with Crippen LogP contribution in [0.2, 0.25) is 0 Å². The number of aliphatic hydroxyl groups excluding tert-OH is 1. The van der Waals surface area contributed by atoms with Crippen molar-refractivity contribution < 1.29 is 69.5 Å². The van der Waals surface area contributed by atoms with Crippen LogP contribution in [0.15, 0.2) is 0 Å². The predicted octanol–water partition coefficient (Wildman–Crippen LogP) is 3.33. The average molecular weight is 445 g/mol. The van der Waals surface area contributed by atoms with E-state index < -0.39 is 21.5 Å². The molecule has 0 aliphatic heterocycles.